The zero-order valence-corrected chi connectivity index (χ0v) is 12.6. The van der Waals surface area contributed by atoms with Gasteiger partial charge in [-0.25, -0.2) is 4.98 Å². The number of halogens is 1. The number of aromatic nitrogens is 1. The van der Waals surface area contributed by atoms with Gasteiger partial charge in [-0.1, -0.05) is 31.0 Å². The third-order valence-corrected chi connectivity index (χ3v) is 3.25. The zero-order chi connectivity index (χ0) is 14.5. The number of aryl methyl sites for hydroxylation is 2. The largest absolute Gasteiger partial charge is 0.437 e. The van der Waals surface area contributed by atoms with Crippen molar-refractivity contribution in [1.29, 1.82) is 0 Å². The van der Waals surface area contributed by atoms with E-state index in [1.165, 1.54) is 0 Å². The van der Waals surface area contributed by atoms with Crippen molar-refractivity contribution in [2.45, 2.75) is 33.2 Å². The van der Waals surface area contributed by atoms with Crippen molar-refractivity contribution in [3.63, 3.8) is 0 Å². The molecule has 0 fully saturated rings. The second kappa shape index (κ2) is 6.73. The van der Waals surface area contributed by atoms with Crippen molar-refractivity contribution in [3.05, 3.63) is 52.2 Å². The van der Waals surface area contributed by atoms with Crippen LogP contribution in [0.5, 0.6) is 11.6 Å². The van der Waals surface area contributed by atoms with Gasteiger partial charge in [-0.15, -0.1) is 0 Å². The maximum atomic E-state index is 6.18. The van der Waals surface area contributed by atoms with E-state index in [4.69, 9.17) is 22.1 Å². The van der Waals surface area contributed by atoms with Crippen molar-refractivity contribution in [2.75, 3.05) is 0 Å². The second-order valence-corrected chi connectivity index (χ2v) is 5.20. The van der Waals surface area contributed by atoms with Crippen molar-refractivity contribution in [1.82, 2.24) is 4.98 Å². The first-order valence-electron chi connectivity index (χ1n) is 6.76. The van der Waals surface area contributed by atoms with E-state index in [0.717, 1.165) is 29.7 Å². The minimum atomic E-state index is 0.469. The van der Waals surface area contributed by atoms with E-state index in [0.29, 0.717) is 23.2 Å². The Hall–Kier alpha value is -1.58. The Balaban J connectivity index is 2.29. The Morgan fingerprint density at radius 3 is 2.70 bits per heavy atom. The summed E-state index contributed by atoms with van der Waals surface area (Å²) in [5.74, 6) is 1.16. The summed E-state index contributed by atoms with van der Waals surface area (Å²) >= 11 is 6.18. The minimum absolute atomic E-state index is 0.469. The fourth-order valence-corrected chi connectivity index (χ4v) is 2.25. The molecule has 0 atom stereocenters. The molecule has 0 aliphatic rings. The first-order chi connectivity index (χ1) is 9.62. The van der Waals surface area contributed by atoms with E-state index in [2.05, 4.69) is 11.9 Å². The summed E-state index contributed by atoms with van der Waals surface area (Å²) in [6, 6.07) is 9.56. The number of hydrogen-bond acceptors (Lipinski definition) is 3. The van der Waals surface area contributed by atoms with Gasteiger partial charge in [-0.3, -0.25) is 0 Å². The highest BCUT2D eigenvalue weighted by atomic mass is 35.5. The molecule has 2 rings (SSSR count). The average Bonchev–Trinajstić information content (AvgIpc) is 2.42. The van der Waals surface area contributed by atoms with E-state index in [-0.39, 0.29) is 0 Å². The lowest BCUT2D eigenvalue weighted by Crippen LogP contribution is -2.01. The number of rotatable bonds is 5. The molecule has 0 radical (unpaired) electrons. The average molecular weight is 291 g/mol. The van der Waals surface area contributed by atoms with Crippen LogP contribution >= 0.6 is 11.6 Å². The van der Waals surface area contributed by atoms with Gasteiger partial charge in [0.2, 0.25) is 5.88 Å². The van der Waals surface area contributed by atoms with E-state index < -0.39 is 0 Å². The molecule has 0 spiro atoms. The predicted molar refractivity (Wildman–Crippen MR) is 82.4 cm³/mol. The number of nitrogens with two attached hydrogens (primary N) is 1. The molecule has 20 heavy (non-hydrogen) atoms. The maximum Gasteiger partial charge on any atom is 0.219 e. The topological polar surface area (TPSA) is 48.1 Å². The Kier molecular flexibility index (Phi) is 4.99. The maximum absolute atomic E-state index is 6.18. The normalized spacial score (nSPS) is 10.6. The highest BCUT2D eigenvalue weighted by molar-refractivity contribution is 6.32. The summed E-state index contributed by atoms with van der Waals surface area (Å²) in [6.07, 6.45) is 1.94. The molecule has 1 heterocycles. The molecule has 3 nitrogen and oxygen atoms in total. The summed E-state index contributed by atoms with van der Waals surface area (Å²) in [5.41, 5.74) is 8.82. The first kappa shape index (κ1) is 14.8. The molecular formula is C16H19ClN2O. The van der Waals surface area contributed by atoms with Gasteiger partial charge in [0.1, 0.15) is 5.75 Å². The van der Waals surface area contributed by atoms with E-state index in [1.807, 2.05) is 37.3 Å². The fourth-order valence-electron chi connectivity index (χ4n) is 1.98. The summed E-state index contributed by atoms with van der Waals surface area (Å²) < 4.78 is 5.80. The van der Waals surface area contributed by atoms with Crippen LogP contribution in [0, 0.1) is 6.92 Å². The summed E-state index contributed by atoms with van der Waals surface area (Å²) in [4.78, 5) is 4.49. The molecule has 1 aromatic heterocycles. The van der Waals surface area contributed by atoms with Gasteiger partial charge in [0, 0.05) is 18.3 Å². The Labute approximate surface area is 124 Å². The second-order valence-electron chi connectivity index (χ2n) is 4.80. The quantitative estimate of drug-likeness (QED) is 0.895. The van der Waals surface area contributed by atoms with Gasteiger partial charge < -0.3 is 10.5 Å². The highest BCUT2D eigenvalue weighted by Crippen LogP contribution is 2.29. The Morgan fingerprint density at radius 2 is 2.05 bits per heavy atom. The van der Waals surface area contributed by atoms with Gasteiger partial charge in [-0.05, 0) is 42.7 Å². The SMILES string of the molecule is CCCc1cc(CN)cc(Oc2ccc(C)cc2Cl)n1. The molecule has 106 valence electrons. The van der Waals surface area contributed by atoms with E-state index in [9.17, 15) is 0 Å². The minimum Gasteiger partial charge on any atom is -0.437 e. The highest BCUT2D eigenvalue weighted by Gasteiger charge is 2.07. The molecule has 1 aromatic carbocycles. The van der Waals surface area contributed by atoms with Crippen LogP contribution in [-0.4, -0.2) is 4.98 Å². The van der Waals surface area contributed by atoms with Gasteiger partial charge in [-0.2, -0.15) is 0 Å². The Morgan fingerprint density at radius 1 is 1.25 bits per heavy atom. The van der Waals surface area contributed by atoms with Crippen molar-refractivity contribution in [3.8, 4) is 11.6 Å². The zero-order valence-electron chi connectivity index (χ0n) is 11.8. The standard InChI is InChI=1S/C16H19ClN2O/c1-3-4-13-8-12(10-18)9-16(19-13)20-15-6-5-11(2)7-14(15)17/h5-9H,3-4,10,18H2,1-2H3. The lowest BCUT2D eigenvalue weighted by molar-refractivity contribution is 0.459. The molecule has 2 aromatic rings. The number of nitrogens with zero attached hydrogens (tertiary/aromatic N) is 1. The summed E-state index contributed by atoms with van der Waals surface area (Å²) in [6.45, 7) is 4.58. The molecule has 0 saturated carbocycles. The number of pyridine rings is 1. The van der Waals surface area contributed by atoms with Crippen LogP contribution in [0.2, 0.25) is 5.02 Å². The fraction of sp³-hybridized carbons (Fsp3) is 0.312. The molecule has 0 unspecified atom stereocenters. The number of ether oxygens (including phenoxy) is 1. The first-order valence-corrected chi connectivity index (χ1v) is 7.14. The molecule has 4 heteroatoms. The van der Waals surface area contributed by atoms with Crippen LogP contribution in [0.4, 0.5) is 0 Å². The van der Waals surface area contributed by atoms with Crippen molar-refractivity contribution in [2.24, 2.45) is 5.73 Å². The van der Waals surface area contributed by atoms with Crippen LogP contribution < -0.4 is 10.5 Å². The molecule has 0 bridgehead atoms. The lowest BCUT2D eigenvalue weighted by atomic mass is 10.1. The smallest absolute Gasteiger partial charge is 0.219 e. The van der Waals surface area contributed by atoms with Gasteiger partial charge in [0.25, 0.3) is 0 Å². The van der Waals surface area contributed by atoms with Gasteiger partial charge in [0.05, 0.1) is 5.02 Å². The number of benzene rings is 1. The molecule has 0 aliphatic carbocycles. The summed E-state index contributed by atoms with van der Waals surface area (Å²) in [7, 11) is 0. The van der Waals surface area contributed by atoms with E-state index >= 15 is 0 Å². The third kappa shape index (κ3) is 3.71. The third-order valence-electron chi connectivity index (χ3n) is 2.96. The van der Waals surface area contributed by atoms with Crippen molar-refractivity contribution < 1.29 is 4.74 Å². The van der Waals surface area contributed by atoms with Gasteiger partial charge >= 0.3 is 0 Å². The molecule has 0 aliphatic heterocycles. The van der Waals surface area contributed by atoms with Crippen LogP contribution in [0.1, 0.15) is 30.2 Å². The molecule has 0 amide bonds. The molecule has 0 saturated heterocycles. The van der Waals surface area contributed by atoms with Crippen LogP contribution in [0.25, 0.3) is 0 Å². The van der Waals surface area contributed by atoms with Crippen LogP contribution in [0.15, 0.2) is 30.3 Å². The Bertz CT molecular complexity index is 599. The molecular weight excluding hydrogens is 272 g/mol. The predicted octanol–water partition coefficient (Wildman–Crippen LogP) is 4.25. The molecule has 2 N–H and O–H groups in total. The van der Waals surface area contributed by atoms with Crippen molar-refractivity contribution >= 4 is 11.6 Å². The van der Waals surface area contributed by atoms with Crippen LogP contribution in [0.3, 0.4) is 0 Å². The van der Waals surface area contributed by atoms with Gasteiger partial charge in [0.15, 0.2) is 0 Å². The number of hydrogen-bond donors (Lipinski definition) is 1. The van der Waals surface area contributed by atoms with Crippen LogP contribution in [-0.2, 0) is 13.0 Å². The van der Waals surface area contributed by atoms with E-state index in [1.54, 1.807) is 0 Å². The monoisotopic (exact) mass is 290 g/mol. The lowest BCUT2D eigenvalue weighted by Gasteiger charge is -2.10. The summed E-state index contributed by atoms with van der Waals surface area (Å²) in [5, 5.41) is 0.585.